The van der Waals surface area contributed by atoms with Gasteiger partial charge in [0.15, 0.2) is 16.6 Å². The standard InChI is InChI=1S/C19H19N3O3S/c1-11-2-4-13-14(21-22-19(20)26)10-16(25-17(13)8-11)12-3-5-15-18(9-12)24-7-6-23-15/h2-5,8-9,16H,6-7,10H2,1H3,(H3,20,22,26)/b21-14-/t16-/m0/s1. The minimum absolute atomic E-state index is 0.133. The number of fused-ring (bicyclic) bond motifs is 2. The van der Waals surface area contributed by atoms with E-state index >= 15 is 0 Å². The maximum absolute atomic E-state index is 6.26. The molecule has 2 aromatic carbocycles. The third kappa shape index (κ3) is 3.30. The van der Waals surface area contributed by atoms with E-state index in [0.29, 0.717) is 19.6 Å². The van der Waals surface area contributed by atoms with Crippen molar-refractivity contribution in [2.75, 3.05) is 13.2 Å². The van der Waals surface area contributed by atoms with Crippen LogP contribution in [0.4, 0.5) is 0 Å². The van der Waals surface area contributed by atoms with Crippen molar-refractivity contribution in [2.45, 2.75) is 19.4 Å². The lowest BCUT2D eigenvalue weighted by Crippen LogP contribution is -2.28. The zero-order valence-electron chi connectivity index (χ0n) is 14.3. The minimum Gasteiger partial charge on any atom is -0.486 e. The van der Waals surface area contributed by atoms with Crippen LogP contribution < -0.4 is 25.4 Å². The molecule has 0 radical (unpaired) electrons. The van der Waals surface area contributed by atoms with E-state index in [2.05, 4.69) is 10.5 Å². The number of rotatable bonds is 2. The molecule has 2 heterocycles. The van der Waals surface area contributed by atoms with Crippen molar-refractivity contribution >= 4 is 23.0 Å². The van der Waals surface area contributed by atoms with Crippen molar-refractivity contribution in [3.63, 3.8) is 0 Å². The van der Waals surface area contributed by atoms with Crippen LogP contribution in [-0.2, 0) is 0 Å². The number of hydrogen-bond donors (Lipinski definition) is 2. The Morgan fingerprint density at radius 1 is 1.12 bits per heavy atom. The smallest absolute Gasteiger partial charge is 0.184 e. The molecule has 0 spiro atoms. The summed E-state index contributed by atoms with van der Waals surface area (Å²) in [6, 6.07) is 11.9. The molecule has 4 rings (SSSR count). The fraction of sp³-hybridized carbons (Fsp3) is 0.263. The Hall–Kier alpha value is -2.80. The highest BCUT2D eigenvalue weighted by atomic mass is 32.1. The highest BCUT2D eigenvalue weighted by molar-refractivity contribution is 7.80. The Morgan fingerprint density at radius 2 is 1.92 bits per heavy atom. The third-order valence-electron chi connectivity index (χ3n) is 4.34. The molecule has 0 amide bonds. The summed E-state index contributed by atoms with van der Waals surface area (Å²) < 4.78 is 17.5. The molecule has 0 bridgehead atoms. The Labute approximate surface area is 156 Å². The second kappa shape index (κ2) is 6.84. The Morgan fingerprint density at radius 3 is 2.73 bits per heavy atom. The molecule has 2 aliphatic rings. The van der Waals surface area contributed by atoms with Crippen LogP contribution in [0.2, 0.25) is 0 Å². The summed E-state index contributed by atoms with van der Waals surface area (Å²) in [6.45, 7) is 3.15. The van der Waals surface area contributed by atoms with E-state index in [1.807, 2.05) is 43.3 Å². The van der Waals surface area contributed by atoms with Gasteiger partial charge in [0.1, 0.15) is 25.1 Å². The van der Waals surface area contributed by atoms with Gasteiger partial charge in [0.2, 0.25) is 0 Å². The lowest BCUT2D eigenvalue weighted by atomic mass is 9.94. The van der Waals surface area contributed by atoms with Gasteiger partial charge in [-0.05, 0) is 54.5 Å². The molecule has 26 heavy (non-hydrogen) atoms. The SMILES string of the molecule is Cc1ccc2c(c1)O[C@H](c1ccc3c(c1)OCCO3)C/C2=N/NC(N)=S. The van der Waals surface area contributed by atoms with Crippen LogP contribution in [0.5, 0.6) is 17.2 Å². The number of ether oxygens (including phenoxy) is 3. The molecule has 0 saturated carbocycles. The van der Waals surface area contributed by atoms with E-state index in [9.17, 15) is 0 Å². The van der Waals surface area contributed by atoms with Crippen molar-refractivity contribution in [1.82, 2.24) is 5.43 Å². The second-order valence-corrected chi connectivity index (χ2v) is 6.69. The molecule has 2 aliphatic heterocycles. The van der Waals surface area contributed by atoms with Gasteiger partial charge in [0.05, 0.1) is 5.71 Å². The van der Waals surface area contributed by atoms with Gasteiger partial charge in [-0.15, -0.1) is 0 Å². The Kier molecular flexibility index (Phi) is 4.38. The predicted octanol–water partition coefficient (Wildman–Crippen LogP) is 2.83. The first-order chi connectivity index (χ1) is 12.6. The van der Waals surface area contributed by atoms with Crippen molar-refractivity contribution in [2.24, 2.45) is 10.8 Å². The van der Waals surface area contributed by atoms with Gasteiger partial charge in [-0.1, -0.05) is 12.1 Å². The van der Waals surface area contributed by atoms with Crippen LogP contribution in [0.15, 0.2) is 41.5 Å². The number of nitrogens with two attached hydrogens (primary N) is 1. The predicted molar refractivity (Wildman–Crippen MR) is 103 cm³/mol. The maximum atomic E-state index is 6.26. The summed E-state index contributed by atoms with van der Waals surface area (Å²) in [4.78, 5) is 0. The van der Waals surface area contributed by atoms with E-state index in [1.54, 1.807) is 0 Å². The summed E-state index contributed by atoms with van der Waals surface area (Å²) >= 11 is 4.87. The first-order valence-corrected chi connectivity index (χ1v) is 8.80. The fourth-order valence-electron chi connectivity index (χ4n) is 3.12. The summed E-state index contributed by atoms with van der Waals surface area (Å²) in [5, 5.41) is 4.51. The van der Waals surface area contributed by atoms with Crippen molar-refractivity contribution < 1.29 is 14.2 Å². The van der Waals surface area contributed by atoms with E-state index in [-0.39, 0.29) is 11.2 Å². The van der Waals surface area contributed by atoms with E-state index in [4.69, 9.17) is 32.2 Å². The number of benzene rings is 2. The second-order valence-electron chi connectivity index (χ2n) is 6.25. The molecule has 134 valence electrons. The molecule has 0 aromatic heterocycles. The van der Waals surface area contributed by atoms with E-state index < -0.39 is 0 Å². The van der Waals surface area contributed by atoms with Crippen LogP contribution in [0.1, 0.15) is 29.2 Å². The van der Waals surface area contributed by atoms with Gasteiger partial charge in [-0.25, -0.2) is 0 Å². The number of nitrogens with zero attached hydrogens (tertiary/aromatic N) is 1. The summed E-state index contributed by atoms with van der Waals surface area (Å²) in [7, 11) is 0. The van der Waals surface area contributed by atoms with Gasteiger partial charge in [0, 0.05) is 12.0 Å². The number of hydrazone groups is 1. The molecule has 1 atom stereocenters. The molecule has 7 heteroatoms. The molecule has 3 N–H and O–H groups in total. The van der Waals surface area contributed by atoms with Gasteiger partial charge >= 0.3 is 0 Å². The number of thiocarbonyl (C=S) groups is 1. The number of nitrogens with one attached hydrogen (secondary N) is 1. The molecule has 2 aromatic rings. The molecule has 0 aliphatic carbocycles. The number of aryl methyl sites for hydroxylation is 1. The summed E-state index contributed by atoms with van der Waals surface area (Å²) in [5.41, 5.74) is 12.1. The lowest BCUT2D eigenvalue weighted by Gasteiger charge is -2.29. The van der Waals surface area contributed by atoms with E-state index in [1.165, 1.54) is 0 Å². The first kappa shape index (κ1) is 16.7. The van der Waals surface area contributed by atoms with Gasteiger partial charge in [-0.3, -0.25) is 5.43 Å². The lowest BCUT2D eigenvalue weighted by molar-refractivity contribution is 0.169. The van der Waals surface area contributed by atoms with E-state index in [0.717, 1.165) is 39.7 Å². The zero-order chi connectivity index (χ0) is 18.1. The Balaban J connectivity index is 1.70. The largest absolute Gasteiger partial charge is 0.486 e. The molecule has 6 nitrogen and oxygen atoms in total. The molecule has 0 saturated heterocycles. The van der Waals surface area contributed by atoms with Crippen LogP contribution in [0.25, 0.3) is 0 Å². The normalized spacial score (nSPS) is 19.4. The number of hydrogen-bond acceptors (Lipinski definition) is 5. The average molecular weight is 369 g/mol. The topological polar surface area (TPSA) is 78.1 Å². The zero-order valence-corrected chi connectivity index (χ0v) is 15.1. The monoisotopic (exact) mass is 369 g/mol. The quantitative estimate of drug-likeness (QED) is 0.626. The molecule has 0 unspecified atom stereocenters. The molecular formula is C19H19N3O3S. The third-order valence-corrected chi connectivity index (χ3v) is 4.43. The first-order valence-electron chi connectivity index (χ1n) is 8.39. The van der Waals surface area contributed by atoms with Crippen LogP contribution >= 0.6 is 12.2 Å². The average Bonchev–Trinajstić information content (AvgIpc) is 2.65. The highest BCUT2D eigenvalue weighted by Gasteiger charge is 2.28. The Bertz CT molecular complexity index is 898. The summed E-state index contributed by atoms with van der Waals surface area (Å²) in [6.07, 6.45) is 0.401. The van der Waals surface area contributed by atoms with Gasteiger partial charge in [0.25, 0.3) is 0 Å². The van der Waals surface area contributed by atoms with Crippen LogP contribution in [0.3, 0.4) is 0 Å². The van der Waals surface area contributed by atoms with Gasteiger partial charge < -0.3 is 19.9 Å². The van der Waals surface area contributed by atoms with Crippen LogP contribution in [-0.4, -0.2) is 24.0 Å². The highest BCUT2D eigenvalue weighted by Crippen LogP contribution is 2.39. The van der Waals surface area contributed by atoms with Gasteiger partial charge in [-0.2, -0.15) is 5.10 Å². The molecule has 0 fully saturated rings. The minimum atomic E-state index is -0.188. The molecular weight excluding hydrogens is 350 g/mol. The van der Waals surface area contributed by atoms with Crippen LogP contribution in [0, 0.1) is 6.92 Å². The van der Waals surface area contributed by atoms with Crippen molar-refractivity contribution in [3.05, 3.63) is 53.1 Å². The fourth-order valence-corrected chi connectivity index (χ4v) is 3.17. The van der Waals surface area contributed by atoms with Crippen molar-refractivity contribution in [1.29, 1.82) is 0 Å². The van der Waals surface area contributed by atoms with Crippen molar-refractivity contribution in [3.8, 4) is 17.2 Å². The maximum Gasteiger partial charge on any atom is 0.184 e. The summed E-state index contributed by atoms with van der Waals surface area (Å²) in [5.74, 6) is 2.29.